The molecular formula is C15H16N2O. The Morgan fingerprint density at radius 1 is 1.17 bits per heavy atom. The van der Waals surface area contributed by atoms with Crippen molar-refractivity contribution in [2.45, 2.75) is 6.92 Å². The van der Waals surface area contributed by atoms with Gasteiger partial charge >= 0.3 is 0 Å². The van der Waals surface area contributed by atoms with Crippen LogP contribution in [0.5, 0.6) is 5.75 Å². The van der Waals surface area contributed by atoms with Gasteiger partial charge < -0.3 is 16.6 Å². The largest absolute Gasteiger partial charge is 0.507 e. The van der Waals surface area contributed by atoms with Crippen molar-refractivity contribution in [2.24, 2.45) is 5.73 Å². The lowest BCUT2D eigenvalue weighted by Crippen LogP contribution is -1.98. The number of hydrogen-bond acceptors (Lipinski definition) is 3. The summed E-state index contributed by atoms with van der Waals surface area (Å²) in [5.74, 6) is 0.164. The number of nitrogens with two attached hydrogens (primary N) is 2. The fourth-order valence-electron chi connectivity index (χ4n) is 1.79. The summed E-state index contributed by atoms with van der Waals surface area (Å²) in [7, 11) is 0. The first kappa shape index (κ1) is 12.0. The lowest BCUT2D eigenvalue weighted by atomic mass is 10.1. The Labute approximate surface area is 106 Å². The van der Waals surface area contributed by atoms with Crippen LogP contribution in [0.1, 0.15) is 16.7 Å². The lowest BCUT2D eigenvalue weighted by molar-refractivity contribution is 0.473. The predicted molar refractivity (Wildman–Crippen MR) is 75.8 cm³/mol. The normalized spacial score (nSPS) is 11.5. The molecule has 0 aliphatic carbocycles. The highest BCUT2D eigenvalue weighted by molar-refractivity contribution is 5.84. The molecule has 5 N–H and O–H groups in total. The third kappa shape index (κ3) is 2.46. The molecule has 92 valence electrons. The second-order valence-electron chi connectivity index (χ2n) is 4.25. The van der Waals surface area contributed by atoms with E-state index in [-0.39, 0.29) is 5.75 Å². The minimum absolute atomic E-state index is 0.164. The molecule has 0 bridgehead atoms. The van der Waals surface area contributed by atoms with Gasteiger partial charge in [-0.2, -0.15) is 0 Å². The molecule has 0 unspecified atom stereocenters. The fourth-order valence-corrected chi connectivity index (χ4v) is 1.79. The van der Waals surface area contributed by atoms with E-state index in [1.165, 1.54) is 0 Å². The number of para-hydroxylation sites is 1. The summed E-state index contributed by atoms with van der Waals surface area (Å²) in [6, 6.07) is 12.7. The van der Waals surface area contributed by atoms with Crippen LogP contribution >= 0.6 is 0 Å². The Bertz CT molecular complexity index is 603. The zero-order chi connectivity index (χ0) is 13.1. The molecule has 2 aromatic rings. The van der Waals surface area contributed by atoms with Crippen molar-refractivity contribution in [2.75, 3.05) is 5.73 Å². The number of benzene rings is 2. The molecule has 0 saturated carbocycles. The van der Waals surface area contributed by atoms with Crippen molar-refractivity contribution in [3.63, 3.8) is 0 Å². The Morgan fingerprint density at radius 2 is 1.89 bits per heavy atom. The third-order valence-electron chi connectivity index (χ3n) is 2.77. The van der Waals surface area contributed by atoms with E-state index in [4.69, 9.17) is 11.5 Å². The highest BCUT2D eigenvalue weighted by Gasteiger charge is 2.04. The van der Waals surface area contributed by atoms with E-state index in [0.717, 1.165) is 11.1 Å². The Kier molecular flexibility index (Phi) is 3.24. The van der Waals surface area contributed by atoms with Gasteiger partial charge in [-0.3, -0.25) is 0 Å². The zero-order valence-corrected chi connectivity index (χ0v) is 10.2. The third-order valence-corrected chi connectivity index (χ3v) is 2.77. The predicted octanol–water partition coefficient (Wildman–Crippen LogP) is 2.74. The van der Waals surface area contributed by atoms with Crippen LogP contribution in [-0.4, -0.2) is 5.11 Å². The van der Waals surface area contributed by atoms with Gasteiger partial charge in [0.05, 0.1) is 0 Å². The van der Waals surface area contributed by atoms with E-state index >= 15 is 0 Å². The molecule has 0 saturated heterocycles. The molecule has 0 aliphatic rings. The van der Waals surface area contributed by atoms with Crippen molar-refractivity contribution in [3.05, 3.63) is 59.2 Å². The molecule has 0 fully saturated rings. The number of phenols is 1. The molecule has 0 aliphatic heterocycles. The minimum atomic E-state index is 0.164. The van der Waals surface area contributed by atoms with Gasteiger partial charge in [-0.1, -0.05) is 24.3 Å². The smallest absolute Gasteiger partial charge is 0.124 e. The maximum absolute atomic E-state index is 9.72. The maximum Gasteiger partial charge on any atom is 0.124 e. The molecule has 0 aromatic heterocycles. The molecule has 3 nitrogen and oxygen atoms in total. The zero-order valence-electron chi connectivity index (χ0n) is 10.2. The highest BCUT2D eigenvalue weighted by Crippen LogP contribution is 2.24. The molecular weight excluding hydrogens is 224 g/mol. The van der Waals surface area contributed by atoms with Gasteiger partial charge in [0.25, 0.3) is 0 Å². The first-order valence-electron chi connectivity index (χ1n) is 5.69. The highest BCUT2D eigenvalue weighted by atomic mass is 16.3. The van der Waals surface area contributed by atoms with Crippen molar-refractivity contribution in [1.82, 2.24) is 0 Å². The van der Waals surface area contributed by atoms with E-state index in [1.54, 1.807) is 24.3 Å². The van der Waals surface area contributed by atoms with Crippen LogP contribution in [0.2, 0.25) is 0 Å². The van der Waals surface area contributed by atoms with E-state index < -0.39 is 0 Å². The van der Waals surface area contributed by atoms with Crippen molar-refractivity contribution in [1.29, 1.82) is 0 Å². The standard InChI is InChI=1S/C15H16N2O/c1-10-6-7-11(13(16)8-10)9-14(17)12-4-2-3-5-15(12)18/h2-9,18H,16-17H2,1H3/b14-9-. The summed E-state index contributed by atoms with van der Waals surface area (Å²) >= 11 is 0. The van der Waals surface area contributed by atoms with E-state index in [0.29, 0.717) is 16.9 Å². The van der Waals surface area contributed by atoms with E-state index in [1.807, 2.05) is 31.2 Å². The fraction of sp³-hybridized carbons (Fsp3) is 0.0667. The monoisotopic (exact) mass is 240 g/mol. The quantitative estimate of drug-likeness (QED) is 0.558. The van der Waals surface area contributed by atoms with Gasteiger partial charge in [-0.15, -0.1) is 0 Å². The SMILES string of the molecule is Cc1ccc(/C=C(\N)c2ccccc2O)c(N)c1. The summed E-state index contributed by atoms with van der Waals surface area (Å²) in [6.45, 7) is 1.98. The van der Waals surface area contributed by atoms with Crippen molar-refractivity contribution >= 4 is 17.5 Å². The van der Waals surface area contributed by atoms with Crippen LogP contribution < -0.4 is 11.5 Å². The molecule has 0 heterocycles. The Morgan fingerprint density at radius 3 is 2.56 bits per heavy atom. The Hall–Kier alpha value is -2.42. The molecule has 0 spiro atoms. The van der Waals surface area contributed by atoms with Gasteiger partial charge in [-0.05, 0) is 42.3 Å². The van der Waals surface area contributed by atoms with Crippen LogP contribution in [0.25, 0.3) is 11.8 Å². The lowest BCUT2D eigenvalue weighted by Gasteiger charge is -2.06. The number of aryl methyl sites for hydroxylation is 1. The second-order valence-corrected chi connectivity index (χ2v) is 4.25. The number of rotatable bonds is 2. The first-order chi connectivity index (χ1) is 8.58. The van der Waals surface area contributed by atoms with Gasteiger partial charge in [0.1, 0.15) is 5.75 Å². The van der Waals surface area contributed by atoms with Crippen LogP contribution in [0, 0.1) is 6.92 Å². The molecule has 0 amide bonds. The molecule has 0 atom stereocenters. The average molecular weight is 240 g/mol. The van der Waals surface area contributed by atoms with Gasteiger partial charge in [0, 0.05) is 16.9 Å². The van der Waals surface area contributed by atoms with Gasteiger partial charge in [0.2, 0.25) is 0 Å². The van der Waals surface area contributed by atoms with E-state index in [9.17, 15) is 5.11 Å². The van der Waals surface area contributed by atoms with Gasteiger partial charge in [0.15, 0.2) is 0 Å². The number of phenolic OH excluding ortho intramolecular Hbond substituents is 1. The summed E-state index contributed by atoms with van der Waals surface area (Å²) in [6.07, 6.45) is 1.77. The number of aromatic hydroxyl groups is 1. The topological polar surface area (TPSA) is 72.3 Å². The number of hydrogen-bond donors (Lipinski definition) is 3. The summed E-state index contributed by atoms with van der Waals surface area (Å²) < 4.78 is 0. The average Bonchev–Trinajstić information content (AvgIpc) is 2.33. The van der Waals surface area contributed by atoms with Crippen LogP contribution in [-0.2, 0) is 0 Å². The first-order valence-corrected chi connectivity index (χ1v) is 5.69. The van der Waals surface area contributed by atoms with Crippen LogP contribution in [0.4, 0.5) is 5.69 Å². The molecule has 3 heteroatoms. The molecule has 18 heavy (non-hydrogen) atoms. The number of nitrogen functional groups attached to an aromatic ring is 1. The molecule has 0 radical (unpaired) electrons. The summed E-state index contributed by atoms with van der Waals surface area (Å²) in [5.41, 5.74) is 15.6. The van der Waals surface area contributed by atoms with Crippen molar-refractivity contribution < 1.29 is 5.11 Å². The minimum Gasteiger partial charge on any atom is -0.507 e. The van der Waals surface area contributed by atoms with Crippen molar-refractivity contribution in [3.8, 4) is 5.75 Å². The number of anilines is 1. The second kappa shape index (κ2) is 4.84. The summed E-state index contributed by atoms with van der Waals surface area (Å²) in [4.78, 5) is 0. The maximum atomic E-state index is 9.72. The summed E-state index contributed by atoms with van der Waals surface area (Å²) in [5, 5.41) is 9.72. The van der Waals surface area contributed by atoms with Crippen LogP contribution in [0.3, 0.4) is 0 Å². The molecule has 2 rings (SSSR count). The van der Waals surface area contributed by atoms with Crippen LogP contribution in [0.15, 0.2) is 42.5 Å². The Balaban J connectivity index is 2.42. The van der Waals surface area contributed by atoms with Gasteiger partial charge in [-0.25, -0.2) is 0 Å². The van der Waals surface area contributed by atoms with E-state index in [2.05, 4.69) is 0 Å². The molecule has 2 aromatic carbocycles.